The number of carbonyl (C=O) groups is 2. The van der Waals surface area contributed by atoms with Gasteiger partial charge in [0.2, 0.25) is 5.91 Å². The molecule has 0 radical (unpaired) electrons. The SMILES string of the molecule is Cc1c([C@H]2CN3CCN(C(=O)Cc4cnc(-n5cnnn5)nc4)C[C@H]3CO2)ccc2c1COC2=O.Cl.S.S. The molecule has 15 heteroatoms. The molecule has 0 saturated carbocycles. The third-order valence-electron chi connectivity index (χ3n) is 7.00. The van der Waals surface area contributed by atoms with Crippen molar-refractivity contribution in [2.45, 2.75) is 32.1 Å². The average Bonchev–Trinajstić information content (AvgIpc) is 3.55. The maximum absolute atomic E-state index is 13.0. The summed E-state index contributed by atoms with van der Waals surface area (Å²) in [6.07, 6.45) is 4.84. The lowest BCUT2D eigenvalue weighted by Gasteiger charge is -2.46. The number of amides is 1. The van der Waals surface area contributed by atoms with Gasteiger partial charge in [0, 0.05) is 44.1 Å². The van der Waals surface area contributed by atoms with Crippen LogP contribution in [0.4, 0.5) is 0 Å². The lowest BCUT2D eigenvalue weighted by atomic mass is 9.94. The number of benzene rings is 1. The lowest BCUT2D eigenvalue weighted by molar-refractivity contribution is -0.139. The maximum Gasteiger partial charge on any atom is 0.338 e. The minimum atomic E-state index is -0.255. The fourth-order valence-electron chi connectivity index (χ4n) is 5.01. The Kier molecular flexibility index (Phi) is 9.70. The minimum absolute atomic E-state index is 0. The third-order valence-corrected chi connectivity index (χ3v) is 7.00. The topological polar surface area (TPSA) is 128 Å². The van der Waals surface area contributed by atoms with E-state index in [-0.39, 0.29) is 69.8 Å². The molecule has 6 rings (SSSR count). The van der Waals surface area contributed by atoms with Crippen molar-refractivity contribution in [3.8, 4) is 5.95 Å². The van der Waals surface area contributed by atoms with E-state index in [9.17, 15) is 9.59 Å². The summed E-state index contributed by atoms with van der Waals surface area (Å²) in [7, 11) is 0. The van der Waals surface area contributed by atoms with E-state index in [4.69, 9.17) is 9.47 Å². The number of cyclic esters (lactones) is 1. The summed E-state index contributed by atoms with van der Waals surface area (Å²) >= 11 is 0. The summed E-state index contributed by atoms with van der Waals surface area (Å²) in [6.45, 7) is 5.74. The zero-order valence-corrected chi connectivity index (χ0v) is 23.4. The van der Waals surface area contributed by atoms with Crippen LogP contribution in [0.5, 0.6) is 0 Å². The quantitative estimate of drug-likeness (QED) is 0.411. The van der Waals surface area contributed by atoms with Crippen LogP contribution in [0, 0.1) is 6.92 Å². The van der Waals surface area contributed by atoms with Gasteiger partial charge in [0.05, 0.1) is 30.7 Å². The molecule has 3 aromatic rings. The number of esters is 1. The summed E-state index contributed by atoms with van der Waals surface area (Å²) < 4.78 is 12.8. The number of hydrogen-bond donors (Lipinski definition) is 0. The Morgan fingerprint density at radius 3 is 2.66 bits per heavy atom. The number of tetrazole rings is 1. The highest BCUT2D eigenvalue weighted by molar-refractivity contribution is 7.59. The van der Waals surface area contributed by atoms with Crippen molar-refractivity contribution in [3.63, 3.8) is 0 Å². The minimum Gasteiger partial charge on any atom is -0.457 e. The van der Waals surface area contributed by atoms with Crippen LogP contribution in [0.2, 0.25) is 0 Å². The largest absolute Gasteiger partial charge is 0.457 e. The second-order valence-corrected chi connectivity index (χ2v) is 9.02. The van der Waals surface area contributed by atoms with Gasteiger partial charge in [0.1, 0.15) is 12.9 Å². The van der Waals surface area contributed by atoms with Crippen LogP contribution in [0.25, 0.3) is 5.95 Å². The predicted molar refractivity (Wildman–Crippen MR) is 147 cm³/mol. The van der Waals surface area contributed by atoms with Crippen LogP contribution in [-0.2, 0) is 27.3 Å². The standard InChI is InChI=1S/C23H24N8O4.ClH.2H2S/c1-14-17(2-3-18-19(14)12-35-22(18)33)20-10-29-4-5-30(9-16(29)11-34-20)21(32)6-15-7-24-23(25-8-15)31-13-26-27-28-31;;;/h2-3,7-8,13,16,20H,4-6,9-12H2,1H3;1H;2*1H2/t16-,20+;;;/m0.../s1. The van der Waals surface area contributed by atoms with Crippen molar-refractivity contribution in [1.29, 1.82) is 0 Å². The number of rotatable bonds is 4. The molecule has 204 valence electrons. The van der Waals surface area contributed by atoms with Crippen molar-refractivity contribution in [2.24, 2.45) is 0 Å². The van der Waals surface area contributed by atoms with E-state index >= 15 is 0 Å². The van der Waals surface area contributed by atoms with Gasteiger partial charge >= 0.3 is 5.97 Å². The second kappa shape index (κ2) is 12.4. The van der Waals surface area contributed by atoms with E-state index in [0.717, 1.165) is 35.3 Å². The molecular formula is C23H29ClN8O4S2. The zero-order chi connectivity index (χ0) is 23.9. The number of carbonyl (C=O) groups excluding carboxylic acids is 2. The summed E-state index contributed by atoms with van der Waals surface area (Å²) in [5.74, 6) is 0.145. The van der Waals surface area contributed by atoms with Gasteiger partial charge in [-0.05, 0) is 40.1 Å². The van der Waals surface area contributed by atoms with Gasteiger partial charge < -0.3 is 14.4 Å². The number of nitrogens with zero attached hydrogens (tertiary/aromatic N) is 8. The lowest BCUT2D eigenvalue weighted by Crippen LogP contribution is -2.59. The molecule has 2 atom stereocenters. The molecule has 0 aliphatic carbocycles. The molecular weight excluding hydrogens is 552 g/mol. The fraction of sp³-hybridized carbons (Fsp3) is 0.435. The van der Waals surface area contributed by atoms with Crippen molar-refractivity contribution < 1.29 is 19.1 Å². The number of fused-ring (bicyclic) bond motifs is 2. The van der Waals surface area contributed by atoms with Gasteiger partial charge in [0.15, 0.2) is 0 Å². The van der Waals surface area contributed by atoms with Crippen LogP contribution in [-0.4, -0.2) is 90.7 Å². The third kappa shape index (κ3) is 5.64. The van der Waals surface area contributed by atoms with Crippen LogP contribution in [0.1, 0.15) is 38.7 Å². The highest BCUT2D eigenvalue weighted by atomic mass is 35.5. The molecule has 2 aromatic heterocycles. The number of aromatic nitrogens is 6. The molecule has 0 unspecified atom stereocenters. The van der Waals surface area contributed by atoms with E-state index < -0.39 is 0 Å². The molecule has 1 aromatic carbocycles. The van der Waals surface area contributed by atoms with E-state index in [1.807, 2.05) is 24.0 Å². The summed E-state index contributed by atoms with van der Waals surface area (Å²) in [5, 5.41) is 10.9. The molecule has 0 N–H and O–H groups in total. The van der Waals surface area contributed by atoms with Gasteiger partial charge in [-0.2, -0.15) is 31.7 Å². The molecule has 3 aliphatic rings. The van der Waals surface area contributed by atoms with Crippen molar-refractivity contribution in [2.75, 3.05) is 32.8 Å². The van der Waals surface area contributed by atoms with Crippen LogP contribution in [0.15, 0.2) is 30.9 Å². The monoisotopic (exact) mass is 580 g/mol. The van der Waals surface area contributed by atoms with Crippen molar-refractivity contribution in [1.82, 2.24) is 40.0 Å². The summed E-state index contributed by atoms with van der Waals surface area (Å²) in [5.41, 5.74) is 4.53. The van der Waals surface area contributed by atoms with Crippen molar-refractivity contribution >= 4 is 51.3 Å². The molecule has 12 nitrogen and oxygen atoms in total. The highest BCUT2D eigenvalue weighted by Crippen LogP contribution is 2.33. The summed E-state index contributed by atoms with van der Waals surface area (Å²) in [6, 6.07) is 3.98. The zero-order valence-electron chi connectivity index (χ0n) is 20.6. The van der Waals surface area contributed by atoms with Crippen LogP contribution < -0.4 is 0 Å². The van der Waals surface area contributed by atoms with Crippen LogP contribution >= 0.6 is 39.4 Å². The fourth-order valence-corrected chi connectivity index (χ4v) is 5.01. The number of hydrogen-bond acceptors (Lipinski definition) is 10. The smallest absolute Gasteiger partial charge is 0.338 e. The highest BCUT2D eigenvalue weighted by Gasteiger charge is 2.36. The van der Waals surface area contributed by atoms with Gasteiger partial charge in [-0.25, -0.2) is 14.8 Å². The van der Waals surface area contributed by atoms with E-state index in [1.54, 1.807) is 12.4 Å². The Balaban J connectivity index is 0.00000133. The Labute approximate surface area is 239 Å². The van der Waals surface area contributed by atoms with Crippen LogP contribution in [0.3, 0.4) is 0 Å². The summed E-state index contributed by atoms with van der Waals surface area (Å²) in [4.78, 5) is 37.6. The first-order valence-corrected chi connectivity index (χ1v) is 11.5. The van der Waals surface area contributed by atoms with Gasteiger partial charge in [0.25, 0.3) is 5.95 Å². The Bertz CT molecular complexity index is 1280. The Morgan fingerprint density at radius 1 is 1.13 bits per heavy atom. The average molecular weight is 581 g/mol. The van der Waals surface area contributed by atoms with Gasteiger partial charge in [-0.1, -0.05) is 6.07 Å². The molecule has 0 bridgehead atoms. The molecule has 1 amide bonds. The van der Waals surface area contributed by atoms with E-state index in [1.165, 1.54) is 11.0 Å². The molecule has 2 saturated heterocycles. The number of piperazine rings is 1. The van der Waals surface area contributed by atoms with Crippen molar-refractivity contribution in [3.05, 3.63) is 58.7 Å². The normalized spacial score (nSPS) is 20.2. The molecule has 0 spiro atoms. The Hall–Kier alpha value is -2.78. The Morgan fingerprint density at radius 2 is 1.92 bits per heavy atom. The van der Waals surface area contributed by atoms with E-state index in [0.29, 0.717) is 37.8 Å². The molecule has 3 aliphatic heterocycles. The first-order chi connectivity index (χ1) is 17.1. The second-order valence-electron chi connectivity index (χ2n) is 9.02. The molecule has 2 fully saturated rings. The van der Waals surface area contributed by atoms with Gasteiger partial charge in [-0.15, -0.1) is 17.5 Å². The van der Waals surface area contributed by atoms with E-state index in [2.05, 4.69) is 30.4 Å². The maximum atomic E-state index is 13.0. The first-order valence-electron chi connectivity index (χ1n) is 11.5. The number of morpholine rings is 1. The predicted octanol–water partition coefficient (Wildman–Crippen LogP) is 0.905. The molecule has 5 heterocycles. The number of halogens is 1. The van der Waals surface area contributed by atoms with Gasteiger partial charge in [-0.3, -0.25) is 9.69 Å². The number of ether oxygens (including phenoxy) is 2. The molecule has 38 heavy (non-hydrogen) atoms. The first kappa shape index (κ1) is 29.8.